The van der Waals surface area contributed by atoms with E-state index < -0.39 is 10.3 Å². The van der Waals surface area contributed by atoms with Gasteiger partial charge in [-0.1, -0.05) is 0 Å². The fourth-order valence-corrected chi connectivity index (χ4v) is 0.347. The molecule has 5 heteroatoms. The Morgan fingerprint density at radius 1 is 1.33 bits per heavy atom. The zero-order chi connectivity index (χ0) is 7.71. The van der Waals surface area contributed by atoms with Crippen molar-refractivity contribution < 1.29 is 13.2 Å². The summed E-state index contributed by atoms with van der Waals surface area (Å²) in [7, 11) is 0. The maximum Gasteiger partial charge on any atom is 0.411 e. The van der Waals surface area contributed by atoms with Gasteiger partial charge in [-0.2, -0.15) is 25.8 Å². The quantitative estimate of drug-likeness (QED) is 0.473. The second-order valence-electron chi connectivity index (χ2n) is 1.68. The van der Waals surface area contributed by atoms with Gasteiger partial charge in [0.1, 0.15) is 0 Å². The van der Waals surface area contributed by atoms with Crippen LogP contribution >= 0.6 is 24.4 Å². The van der Waals surface area contributed by atoms with Crippen molar-refractivity contribution in [2.45, 2.75) is 17.2 Å². The number of hydrogen-bond donors (Lipinski definition) is 1. The molecule has 0 aliphatic rings. The van der Waals surface area contributed by atoms with E-state index in [0.29, 0.717) is 11.8 Å². The van der Waals surface area contributed by atoms with Crippen LogP contribution in [0.1, 0.15) is 6.92 Å². The lowest BCUT2D eigenvalue weighted by Gasteiger charge is -2.23. The van der Waals surface area contributed by atoms with Crippen molar-refractivity contribution in [2.75, 3.05) is 6.26 Å². The van der Waals surface area contributed by atoms with Crippen molar-refractivity contribution in [3.8, 4) is 0 Å². The Hall–Kier alpha value is 0.490. The third-order valence-electron chi connectivity index (χ3n) is 0.923. The van der Waals surface area contributed by atoms with Crippen molar-refractivity contribution in [3.05, 3.63) is 0 Å². The van der Waals surface area contributed by atoms with Crippen LogP contribution in [-0.4, -0.2) is 16.5 Å². The summed E-state index contributed by atoms with van der Waals surface area (Å²) < 4.78 is 33.3. The molecule has 0 radical (unpaired) electrons. The zero-order valence-corrected chi connectivity index (χ0v) is 6.70. The molecule has 0 amide bonds. The summed E-state index contributed by atoms with van der Waals surface area (Å²) in [6.07, 6.45) is -2.85. The SMILES string of the molecule is CSC(C)(S)C(F)(F)F. The lowest BCUT2D eigenvalue weighted by Crippen LogP contribution is -2.32. The van der Waals surface area contributed by atoms with Gasteiger partial charge in [-0.05, 0) is 13.2 Å². The predicted octanol–water partition coefficient (Wildman–Crippen LogP) is 2.56. The first-order valence-electron chi connectivity index (χ1n) is 2.15. The molecule has 0 heterocycles. The van der Waals surface area contributed by atoms with Crippen LogP contribution in [0.15, 0.2) is 0 Å². The van der Waals surface area contributed by atoms with Crippen LogP contribution in [0, 0.1) is 0 Å². The summed E-state index contributed by atoms with van der Waals surface area (Å²) in [6.45, 7) is 1.03. The molecule has 0 N–H and O–H groups in total. The van der Waals surface area contributed by atoms with E-state index in [-0.39, 0.29) is 0 Å². The standard InChI is InChI=1S/C4H7F3S2/c1-3(8,9-2)4(5,6)7/h8H,1-2H3. The van der Waals surface area contributed by atoms with Gasteiger partial charge in [0.25, 0.3) is 0 Å². The van der Waals surface area contributed by atoms with Gasteiger partial charge < -0.3 is 0 Å². The number of thiol groups is 1. The molecule has 0 saturated heterocycles. The summed E-state index contributed by atoms with van der Waals surface area (Å²) >= 11 is 4.08. The maximum absolute atomic E-state index is 11.7. The molecule has 9 heavy (non-hydrogen) atoms. The molecule has 0 aromatic heterocycles. The van der Waals surface area contributed by atoms with Crippen LogP contribution in [0.5, 0.6) is 0 Å². The second-order valence-corrected chi connectivity index (χ2v) is 4.11. The number of rotatable bonds is 1. The molecule has 0 aliphatic carbocycles. The minimum atomic E-state index is -4.23. The minimum absolute atomic E-state index is 0.673. The number of alkyl halides is 3. The normalized spacial score (nSPS) is 19.3. The Morgan fingerprint density at radius 2 is 1.67 bits per heavy atom. The summed E-state index contributed by atoms with van der Waals surface area (Å²) in [4.78, 5) is 0. The Labute approximate surface area is 61.6 Å². The van der Waals surface area contributed by atoms with Gasteiger partial charge >= 0.3 is 6.18 Å². The van der Waals surface area contributed by atoms with Crippen molar-refractivity contribution in [1.29, 1.82) is 0 Å². The highest BCUT2D eigenvalue weighted by atomic mass is 32.2. The molecule has 0 spiro atoms. The fraction of sp³-hybridized carbons (Fsp3) is 1.00. The first kappa shape index (κ1) is 9.49. The largest absolute Gasteiger partial charge is 0.411 e. The molecule has 56 valence electrons. The second kappa shape index (κ2) is 2.62. The van der Waals surface area contributed by atoms with Crippen molar-refractivity contribution in [3.63, 3.8) is 0 Å². The summed E-state index contributed by atoms with van der Waals surface area (Å²) in [5.41, 5.74) is 0. The summed E-state index contributed by atoms with van der Waals surface area (Å²) in [5, 5.41) is 0. The molecule has 1 atom stereocenters. The van der Waals surface area contributed by atoms with Crippen LogP contribution in [0.4, 0.5) is 13.2 Å². The van der Waals surface area contributed by atoms with Gasteiger partial charge in [-0.25, -0.2) is 0 Å². The summed E-state index contributed by atoms with van der Waals surface area (Å²) in [6, 6.07) is 0. The molecular formula is C4H7F3S2. The van der Waals surface area contributed by atoms with E-state index in [9.17, 15) is 13.2 Å². The van der Waals surface area contributed by atoms with Gasteiger partial charge in [-0.15, -0.1) is 11.8 Å². The van der Waals surface area contributed by atoms with E-state index in [4.69, 9.17) is 0 Å². The highest BCUT2D eigenvalue weighted by molar-refractivity contribution is 8.11. The molecule has 0 fully saturated rings. The van der Waals surface area contributed by atoms with Crippen molar-refractivity contribution >= 4 is 24.4 Å². The highest BCUT2D eigenvalue weighted by Crippen LogP contribution is 2.42. The van der Waals surface area contributed by atoms with Gasteiger partial charge in [-0.3, -0.25) is 0 Å². The highest BCUT2D eigenvalue weighted by Gasteiger charge is 2.47. The van der Waals surface area contributed by atoms with Crippen molar-refractivity contribution in [2.24, 2.45) is 0 Å². The van der Waals surface area contributed by atoms with Crippen LogP contribution in [-0.2, 0) is 0 Å². The van der Waals surface area contributed by atoms with Crippen LogP contribution in [0.2, 0.25) is 0 Å². The lowest BCUT2D eigenvalue weighted by atomic mass is 10.5. The van der Waals surface area contributed by atoms with E-state index in [1.807, 2.05) is 0 Å². The molecular weight excluding hydrogens is 169 g/mol. The molecule has 0 nitrogen and oxygen atoms in total. The molecule has 1 unspecified atom stereocenters. The van der Waals surface area contributed by atoms with Crippen LogP contribution < -0.4 is 0 Å². The first-order valence-corrected chi connectivity index (χ1v) is 3.82. The fourth-order valence-electron chi connectivity index (χ4n) is 0.116. The van der Waals surface area contributed by atoms with Crippen LogP contribution in [0.3, 0.4) is 0 Å². The molecule has 0 saturated carbocycles. The number of halogens is 3. The Kier molecular flexibility index (Phi) is 2.76. The molecule has 0 bridgehead atoms. The van der Waals surface area contributed by atoms with E-state index in [0.717, 1.165) is 6.92 Å². The summed E-state index contributed by atoms with van der Waals surface area (Å²) in [5.74, 6) is 0. The zero-order valence-electron chi connectivity index (χ0n) is 4.99. The van der Waals surface area contributed by atoms with Gasteiger partial charge in [0, 0.05) is 0 Å². The Bertz CT molecular complexity index is 96.5. The van der Waals surface area contributed by atoms with Crippen LogP contribution in [0.25, 0.3) is 0 Å². The maximum atomic E-state index is 11.7. The van der Waals surface area contributed by atoms with E-state index >= 15 is 0 Å². The lowest BCUT2D eigenvalue weighted by molar-refractivity contribution is -0.133. The monoisotopic (exact) mass is 176 g/mol. The average Bonchev–Trinajstić information content (AvgIpc) is 1.64. The number of thioether (sulfide) groups is 1. The molecule has 0 rings (SSSR count). The smallest absolute Gasteiger partial charge is 0.169 e. The van der Waals surface area contributed by atoms with Gasteiger partial charge in [0.05, 0.1) is 0 Å². The Balaban J connectivity index is 4.14. The Morgan fingerprint density at radius 3 is 1.67 bits per heavy atom. The van der Waals surface area contributed by atoms with Crippen molar-refractivity contribution in [1.82, 2.24) is 0 Å². The van der Waals surface area contributed by atoms with E-state index in [2.05, 4.69) is 12.6 Å². The molecule has 0 aliphatic heterocycles. The third-order valence-corrected chi connectivity index (χ3v) is 2.75. The molecule has 0 aromatic carbocycles. The molecule has 0 aromatic rings. The average molecular weight is 176 g/mol. The topological polar surface area (TPSA) is 0 Å². The van der Waals surface area contributed by atoms with Gasteiger partial charge in [0.15, 0.2) is 4.08 Å². The van der Waals surface area contributed by atoms with Gasteiger partial charge in [0.2, 0.25) is 0 Å². The predicted molar refractivity (Wildman–Crippen MR) is 37.0 cm³/mol. The minimum Gasteiger partial charge on any atom is -0.169 e. The van der Waals surface area contributed by atoms with E-state index in [1.165, 1.54) is 6.26 Å². The van der Waals surface area contributed by atoms with E-state index in [1.54, 1.807) is 0 Å². The third kappa shape index (κ3) is 2.29. The number of hydrogen-bond acceptors (Lipinski definition) is 2. The first-order chi connectivity index (χ1) is 3.81.